The van der Waals surface area contributed by atoms with Gasteiger partial charge in [0.1, 0.15) is 11.9 Å². The van der Waals surface area contributed by atoms with Gasteiger partial charge in [-0.1, -0.05) is 19.1 Å². The summed E-state index contributed by atoms with van der Waals surface area (Å²) >= 11 is 0. The fourth-order valence-electron chi connectivity index (χ4n) is 3.03. The van der Waals surface area contributed by atoms with Crippen LogP contribution >= 0.6 is 12.4 Å². The van der Waals surface area contributed by atoms with Crippen LogP contribution in [0.25, 0.3) is 0 Å². The summed E-state index contributed by atoms with van der Waals surface area (Å²) < 4.78 is 53.1. The molecule has 0 saturated carbocycles. The molecule has 0 aliphatic carbocycles. The molecule has 1 aliphatic rings. The van der Waals surface area contributed by atoms with E-state index in [1.807, 2.05) is 0 Å². The third kappa shape index (κ3) is 7.03. The summed E-state index contributed by atoms with van der Waals surface area (Å²) in [5.74, 6) is -2.41. The van der Waals surface area contributed by atoms with Gasteiger partial charge in [-0.2, -0.15) is 13.2 Å². The average molecular weight is 426 g/mol. The van der Waals surface area contributed by atoms with Crippen LogP contribution in [0.15, 0.2) is 24.3 Å². The Bertz CT molecular complexity index is 666. The van der Waals surface area contributed by atoms with E-state index < -0.39 is 42.2 Å². The molecule has 1 aliphatic heterocycles. The SMILES string of the molecule is CC(CC(=O)NCC(N1CCNCC1)C(F)(F)F)C(=O)c1cccc(F)c1.Cl. The molecule has 0 bridgehead atoms. The number of amides is 1. The predicted octanol–water partition coefficient (Wildman–Crippen LogP) is 2.41. The number of nitrogens with zero attached hydrogens (tertiary/aromatic N) is 1. The number of rotatable bonds is 7. The minimum Gasteiger partial charge on any atom is -0.354 e. The minimum atomic E-state index is -4.46. The van der Waals surface area contributed by atoms with E-state index in [-0.39, 0.29) is 37.5 Å². The number of benzene rings is 1. The van der Waals surface area contributed by atoms with Gasteiger partial charge in [-0.25, -0.2) is 4.39 Å². The van der Waals surface area contributed by atoms with Crippen molar-refractivity contribution in [3.8, 4) is 0 Å². The molecule has 0 radical (unpaired) electrons. The van der Waals surface area contributed by atoms with Gasteiger partial charge in [0.05, 0.1) is 0 Å². The van der Waals surface area contributed by atoms with Gasteiger partial charge in [0.25, 0.3) is 0 Å². The van der Waals surface area contributed by atoms with E-state index in [9.17, 15) is 27.2 Å². The van der Waals surface area contributed by atoms with Gasteiger partial charge < -0.3 is 10.6 Å². The second-order valence-corrected chi connectivity index (χ2v) is 6.63. The Morgan fingerprint density at radius 1 is 1.25 bits per heavy atom. The molecule has 2 unspecified atom stereocenters. The molecule has 1 aromatic carbocycles. The van der Waals surface area contributed by atoms with Gasteiger partial charge in [-0.15, -0.1) is 12.4 Å². The highest BCUT2D eigenvalue weighted by molar-refractivity contribution is 5.99. The van der Waals surface area contributed by atoms with Gasteiger partial charge in [0.2, 0.25) is 5.91 Å². The van der Waals surface area contributed by atoms with Gasteiger partial charge in [-0.05, 0) is 12.1 Å². The molecule has 1 heterocycles. The molecule has 0 spiro atoms. The first kappa shape index (κ1) is 24.3. The van der Waals surface area contributed by atoms with E-state index >= 15 is 0 Å². The van der Waals surface area contributed by atoms with Crippen molar-refractivity contribution in [1.29, 1.82) is 0 Å². The largest absolute Gasteiger partial charge is 0.405 e. The topological polar surface area (TPSA) is 61.4 Å². The van der Waals surface area contributed by atoms with Gasteiger partial charge in [0.15, 0.2) is 5.78 Å². The lowest BCUT2D eigenvalue weighted by Crippen LogP contribution is -2.57. The van der Waals surface area contributed by atoms with Crippen LogP contribution in [0.5, 0.6) is 0 Å². The van der Waals surface area contributed by atoms with Crippen molar-refractivity contribution in [3.63, 3.8) is 0 Å². The van der Waals surface area contributed by atoms with Crippen LogP contribution in [0.3, 0.4) is 0 Å². The highest BCUT2D eigenvalue weighted by atomic mass is 35.5. The van der Waals surface area contributed by atoms with Crippen LogP contribution in [0, 0.1) is 11.7 Å². The molecule has 10 heteroatoms. The maximum Gasteiger partial charge on any atom is 0.405 e. The molecule has 158 valence electrons. The monoisotopic (exact) mass is 425 g/mol. The maximum atomic E-state index is 13.3. The zero-order valence-electron chi connectivity index (χ0n) is 15.4. The molecule has 5 nitrogen and oxygen atoms in total. The molecular weight excluding hydrogens is 402 g/mol. The molecular formula is C18H24ClF4N3O2. The number of hydrogen-bond donors (Lipinski definition) is 2. The molecule has 1 amide bonds. The predicted molar refractivity (Wildman–Crippen MR) is 99.1 cm³/mol. The molecule has 1 aromatic rings. The fourth-order valence-corrected chi connectivity index (χ4v) is 3.03. The Balaban J connectivity index is 0.00000392. The highest BCUT2D eigenvalue weighted by Crippen LogP contribution is 2.25. The second-order valence-electron chi connectivity index (χ2n) is 6.63. The maximum absolute atomic E-state index is 13.3. The Hall–Kier alpha value is -1.71. The fraction of sp³-hybridized carbons (Fsp3) is 0.556. The number of carbonyl (C=O) groups excluding carboxylic acids is 2. The zero-order chi connectivity index (χ0) is 20.0. The lowest BCUT2D eigenvalue weighted by atomic mass is 9.96. The number of Topliss-reactive ketones (excluding diaryl/α,β-unsaturated/α-hetero) is 1. The first-order valence-electron chi connectivity index (χ1n) is 8.76. The summed E-state index contributed by atoms with van der Waals surface area (Å²) in [7, 11) is 0. The van der Waals surface area contributed by atoms with Crippen LogP contribution < -0.4 is 10.6 Å². The van der Waals surface area contributed by atoms with Crippen LogP contribution in [-0.2, 0) is 4.79 Å². The quantitative estimate of drug-likeness (QED) is 0.520. The molecule has 1 fully saturated rings. The first-order valence-corrected chi connectivity index (χ1v) is 8.76. The van der Waals surface area contributed by atoms with Crippen molar-refractivity contribution in [2.24, 2.45) is 5.92 Å². The third-order valence-electron chi connectivity index (χ3n) is 4.51. The van der Waals surface area contributed by atoms with E-state index in [1.165, 1.54) is 30.0 Å². The van der Waals surface area contributed by atoms with Crippen LogP contribution in [0.1, 0.15) is 23.7 Å². The molecule has 28 heavy (non-hydrogen) atoms. The standard InChI is InChI=1S/C18H23F4N3O2.ClH/c1-12(17(27)13-3-2-4-14(19)10-13)9-16(26)24-11-15(18(20,21)22)25-7-5-23-6-8-25;/h2-4,10,12,15,23H,5-9,11H2,1H3,(H,24,26);1H. The van der Waals surface area contributed by atoms with E-state index in [4.69, 9.17) is 0 Å². The Kier molecular flexibility index (Phi) is 9.32. The Labute approximate surface area is 167 Å². The third-order valence-corrected chi connectivity index (χ3v) is 4.51. The number of carbonyl (C=O) groups is 2. The molecule has 2 rings (SSSR count). The van der Waals surface area contributed by atoms with Crippen molar-refractivity contribution in [1.82, 2.24) is 15.5 Å². The van der Waals surface area contributed by atoms with E-state index in [0.717, 1.165) is 6.07 Å². The summed E-state index contributed by atoms with van der Waals surface area (Å²) in [6, 6.07) is 3.32. The number of hydrogen-bond acceptors (Lipinski definition) is 4. The molecule has 1 saturated heterocycles. The van der Waals surface area contributed by atoms with Gasteiger partial charge in [0, 0.05) is 50.6 Å². The first-order chi connectivity index (χ1) is 12.7. The molecule has 2 N–H and O–H groups in total. The van der Waals surface area contributed by atoms with Crippen LogP contribution in [-0.4, -0.2) is 61.5 Å². The number of alkyl halides is 3. The lowest BCUT2D eigenvalue weighted by Gasteiger charge is -2.36. The second kappa shape index (κ2) is 10.7. The van der Waals surface area contributed by atoms with E-state index in [1.54, 1.807) is 0 Å². The normalized spacial score (nSPS) is 17.3. The summed E-state index contributed by atoms with van der Waals surface area (Å²) in [5, 5.41) is 5.27. The van der Waals surface area contributed by atoms with E-state index in [0.29, 0.717) is 13.1 Å². The smallest absolute Gasteiger partial charge is 0.354 e. The molecule has 0 aromatic heterocycles. The minimum absolute atomic E-state index is 0. The number of halogens is 5. The number of piperazine rings is 1. The van der Waals surface area contributed by atoms with Crippen molar-refractivity contribution in [3.05, 3.63) is 35.6 Å². The summed E-state index contributed by atoms with van der Waals surface area (Å²) in [6.45, 7) is 2.33. The Morgan fingerprint density at radius 3 is 2.46 bits per heavy atom. The zero-order valence-corrected chi connectivity index (χ0v) is 16.2. The van der Waals surface area contributed by atoms with Crippen molar-refractivity contribution in [2.75, 3.05) is 32.7 Å². The Morgan fingerprint density at radius 2 is 1.89 bits per heavy atom. The number of nitrogens with one attached hydrogen (secondary N) is 2. The molecule has 2 atom stereocenters. The van der Waals surface area contributed by atoms with Crippen molar-refractivity contribution < 1.29 is 27.2 Å². The van der Waals surface area contributed by atoms with E-state index in [2.05, 4.69) is 10.6 Å². The van der Waals surface area contributed by atoms with Crippen LogP contribution in [0.4, 0.5) is 17.6 Å². The summed E-state index contributed by atoms with van der Waals surface area (Å²) in [5.41, 5.74) is 0.129. The van der Waals surface area contributed by atoms with Crippen molar-refractivity contribution >= 4 is 24.1 Å². The average Bonchev–Trinajstić information content (AvgIpc) is 2.61. The van der Waals surface area contributed by atoms with Crippen LogP contribution in [0.2, 0.25) is 0 Å². The van der Waals surface area contributed by atoms with Gasteiger partial charge in [-0.3, -0.25) is 14.5 Å². The summed E-state index contributed by atoms with van der Waals surface area (Å²) in [4.78, 5) is 25.6. The van der Waals surface area contributed by atoms with Crippen molar-refractivity contribution in [2.45, 2.75) is 25.6 Å². The number of ketones is 1. The highest BCUT2D eigenvalue weighted by Gasteiger charge is 2.43. The van der Waals surface area contributed by atoms with Gasteiger partial charge >= 0.3 is 6.18 Å². The lowest BCUT2D eigenvalue weighted by molar-refractivity contribution is -0.184. The summed E-state index contributed by atoms with van der Waals surface area (Å²) in [6.07, 6.45) is -4.73.